The molecule has 0 N–H and O–H groups in total. The minimum absolute atomic E-state index is 0.457. The Balaban J connectivity index is 2.80. The molecule has 72 valence electrons. The van der Waals surface area contributed by atoms with Crippen LogP contribution in [0.1, 0.15) is 13.3 Å². The van der Waals surface area contributed by atoms with E-state index < -0.39 is 0 Å². The minimum atomic E-state index is 0.457. The second kappa shape index (κ2) is 5.08. The van der Waals surface area contributed by atoms with Crippen LogP contribution in [-0.2, 0) is 4.74 Å². The molecule has 0 amide bonds. The number of ether oxygens (including phenoxy) is 1. The molecule has 1 aliphatic carbocycles. The summed E-state index contributed by atoms with van der Waals surface area (Å²) in [7, 11) is 0. The van der Waals surface area contributed by atoms with Crippen molar-refractivity contribution in [3.8, 4) is 6.07 Å². The number of rotatable bonds is 3. The lowest BCUT2D eigenvalue weighted by atomic mass is 10.2. The van der Waals surface area contributed by atoms with E-state index in [9.17, 15) is 0 Å². The highest BCUT2D eigenvalue weighted by Crippen LogP contribution is 2.14. The van der Waals surface area contributed by atoms with Gasteiger partial charge in [0.15, 0.2) is 0 Å². The highest BCUT2D eigenvalue weighted by Gasteiger charge is 2.03. The third-order valence-corrected chi connectivity index (χ3v) is 1.69. The normalized spacial score (nSPS) is 14.9. The van der Waals surface area contributed by atoms with Crippen molar-refractivity contribution in [2.75, 3.05) is 6.61 Å². The van der Waals surface area contributed by atoms with E-state index in [1.54, 1.807) is 6.08 Å². The van der Waals surface area contributed by atoms with Crippen molar-refractivity contribution in [3.05, 3.63) is 47.8 Å². The molecule has 14 heavy (non-hydrogen) atoms. The largest absolute Gasteiger partial charge is 0.488 e. The first-order valence-electron chi connectivity index (χ1n) is 4.48. The van der Waals surface area contributed by atoms with Gasteiger partial charge in [0.25, 0.3) is 0 Å². The van der Waals surface area contributed by atoms with Crippen molar-refractivity contribution in [3.63, 3.8) is 0 Å². The molecule has 0 atom stereocenters. The number of nitrogens with zero attached hydrogens (tertiary/aromatic N) is 1. The first kappa shape index (κ1) is 10.3. The lowest BCUT2D eigenvalue weighted by Gasteiger charge is -2.06. The Morgan fingerprint density at radius 1 is 1.57 bits per heavy atom. The van der Waals surface area contributed by atoms with Crippen molar-refractivity contribution in [2.24, 2.45) is 0 Å². The summed E-state index contributed by atoms with van der Waals surface area (Å²) in [6.45, 7) is 6.09. The molecule has 1 aliphatic rings. The molecule has 0 aromatic carbocycles. The quantitative estimate of drug-likeness (QED) is 0.636. The third kappa shape index (κ3) is 2.95. The molecule has 0 saturated heterocycles. The van der Waals surface area contributed by atoms with Crippen LogP contribution in [0.4, 0.5) is 0 Å². The summed E-state index contributed by atoms with van der Waals surface area (Å²) in [4.78, 5) is 0. The van der Waals surface area contributed by atoms with Gasteiger partial charge in [-0.15, -0.1) is 0 Å². The van der Waals surface area contributed by atoms with E-state index in [1.807, 2.05) is 25.2 Å². The summed E-state index contributed by atoms with van der Waals surface area (Å²) in [5.74, 6) is 0.629. The van der Waals surface area contributed by atoms with Crippen LogP contribution in [-0.4, -0.2) is 6.61 Å². The zero-order chi connectivity index (χ0) is 10.4. The molecule has 0 radical (unpaired) electrons. The molecule has 0 unspecified atom stereocenters. The van der Waals surface area contributed by atoms with Gasteiger partial charge in [-0.25, -0.2) is 0 Å². The van der Waals surface area contributed by atoms with Gasteiger partial charge in [-0.2, -0.15) is 5.26 Å². The predicted molar refractivity (Wildman–Crippen MR) is 56.3 cm³/mol. The summed E-state index contributed by atoms with van der Waals surface area (Å²) >= 11 is 0. The van der Waals surface area contributed by atoms with Crippen LogP contribution < -0.4 is 0 Å². The third-order valence-electron chi connectivity index (χ3n) is 1.69. The lowest BCUT2D eigenvalue weighted by Crippen LogP contribution is -1.95. The summed E-state index contributed by atoms with van der Waals surface area (Å²) in [6.07, 6.45) is 8.36. The molecule has 0 aliphatic heterocycles. The van der Waals surface area contributed by atoms with Gasteiger partial charge in [-0.05, 0) is 31.1 Å². The van der Waals surface area contributed by atoms with E-state index in [2.05, 4.69) is 12.6 Å². The number of allylic oxidation sites excluding steroid dienone is 5. The topological polar surface area (TPSA) is 33.0 Å². The Labute approximate surface area is 84.5 Å². The van der Waals surface area contributed by atoms with Crippen molar-refractivity contribution in [1.82, 2.24) is 0 Å². The molecule has 0 saturated carbocycles. The molecular weight excluding hydrogens is 174 g/mol. The van der Waals surface area contributed by atoms with Crippen LogP contribution in [0.15, 0.2) is 47.8 Å². The first-order valence-corrected chi connectivity index (χ1v) is 4.48. The van der Waals surface area contributed by atoms with E-state index in [-0.39, 0.29) is 0 Å². The monoisotopic (exact) mass is 187 g/mol. The predicted octanol–water partition coefficient (Wildman–Crippen LogP) is 2.87. The number of hydrogen-bond acceptors (Lipinski definition) is 2. The average Bonchev–Trinajstić information content (AvgIpc) is 2.38. The average molecular weight is 187 g/mol. The summed E-state index contributed by atoms with van der Waals surface area (Å²) in [6, 6.07) is 2.10. The maximum absolute atomic E-state index is 8.86. The van der Waals surface area contributed by atoms with Crippen LogP contribution in [0.2, 0.25) is 0 Å². The van der Waals surface area contributed by atoms with Gasteiger partial charge in [-0.1, -0.05) is 18.7 Å². The molecule has 2 nitrogen and oxygen atoms in total. The molecule has 0 aromatic heterocycles. The molecule has 0 fully saturated rings. The van der Waals surface area contributed by atoms with E-state index in [1.165, 1.54) is 0 Å². The van der Waals surface area contributed by atoms with Gasteiger partial charge < -0.3 is 4.74 Å². The van der Waals surface area contributed by atoms with Crippen LogP contribution in [0.25, 0.3) is 0 Å². The molecule has 0 heterocycles. The maximum atomic E-state index is 8.86. The molecule has 0 spiro atoms. The van der Waals surface area contributed by atoms with Gasteiger partial charge in [0.1, 0.15) is 18.4 Å². The van der Waals surface area contributed by atoms with Gasteiger partial charge >= 0.3 is 0 Å². The fraction of sp³-hybridized carbons (Fsp3) is 0.250. The molecular formula is C12H13NO. The van der Waals surface area contributed by atoms with E-state index >= 15 is 0 Å². The second-order valence-corrected chi connectivity index (χ2v) is 3.18. The zero-order valence-electron chi connectivity index (χ0n) is 8.29. The zero-order valence-corrected chi connectivity index (χ0v) is 8.29. The fourth-order valence-electron chi connectivity index (χ4n) is 1.03. The van der Waals surface area contributed by atoms with E-state index in [0.29, 0.717) is 17.9 Å². The highest BCUT2D eigenvalue weighted by atomic mass is 16.5. The van der Waals surface area contributed by atoms with Crippen molar-refractivity contribution in [1.29, 1.82) is 5.26 Å². The van der Waals surface area contributed by atoms with Crippen molar-refractivity contribution >= 4 is 0 Å². The second-order valence-electron chi connectivity index (χ2n) is 3.18. The molecule has 0 aromatic rings. The van der Waals surface area contributed by atoms with Crippen molar-refractivity contribution < 1.29 is 4.74 Å². The minimum Gasteiger partial charge on any atom is -0.488 e. The number of nitriles is 1. The van der Waals surface area contributed by atoms with Gasteiger partial charge in [0, 0.05) is 0 Å². The Morgan fingerprint density at radius 3 is 2.93 bits per heavy atom. The summed E-state index contributed by atoms with van der Waals surface area (Å²) in [5.41, 5.74) is 1.51. The van der Waals surface area contributed by atoms with Crippen LogP contribution >= 0.6 is 0 Å². The van der Waals surface area contributed by atoms with Gasteiger partial charge in [0.05, 0.1) is 5.57 Å². The molecule has 0 bridgehead atoms. The Kier molecular flexibility index (Phi) is 3.75. The standard InChI is InChI=1S/C12H13NO/c1-10(2)9-14-12-7-5-3-4-6-11(12)8-13/h4-7H,1,3,9H2,2H3. The lowest BCUT2D eigenvalue weighted by molar-refractivity contribution is 0.252. The van der Waals surface area contributed by atoms with Gasteiger partial charge in [-0.3, -0.25) is 0 Å². The molecule has 2 heteroatoms. The van der Waals surface area contributed by atoms with E-state index in [4.69, 9.17) is 10.00 Å². The Morgan fingerprint density at radius 2 is 2.29 bits per heavy atom. The van der Waals surface area contributed by atoms with E-state index in [0.717, 1.165) is 12.0 Å². The smallest absolute Gasteiger partial charge is 0.137 e. The van der Waals surface area contributed by atoms with Crippen LogP contribution in [0.5, 0.6) is 0 Å². The Bertz CT molecular complexity index is 353. The summed E-state index contributed by atoms with van der Waals surface area (Å²) < 4.78 is 5.45. The highest BCUT2D eigenvalue weighted by molar-refractivity contribution is 5.41. The van der Waals surface area contributed by atoms with Gasteiger partial charge in [0.2, 0.25) is 0 Å². The Hall–Kier alpha value is -1.75. The first-order chi connectivity index (χ1) is 6.74. The molecule has 1 rings (SSSR count). The van der Waals surface area contributed by atoms with Crippen LogP contribution in [0, 0.1) is 11.3 Å². The number of hydrogen-bond donors (Lipinski definition) is 0. The fourth-order valence-corrected chi connectivity index (χ4v) is 1.03. The summed E-state index contributed by atoms with van der Waals surface area (Å²) in [5, 5.41) is 8.86. The van der Waals surface area contributed by atoms with Crippen LogP contribution in [0.3, 0.4) is 0 Å². The SMILES string of the molecule is C=C(C)COC1=C(C#N)C=CCC=C1. The van der Waals surface area contributed by atoms with Crippen molar-refractivity contribution in [2.45, 2.75) is 13.3 Å². The maximum Gasteiger partial charge on any atom is 0.137 e.